The van der Waals surface area contributed by atoms with Crippen molar-refractivity contribution < 1.29 is 4.79 Å². The summed E-state index contributed by atoms with van der Waals surface area (Å²) in [5.74, 6) is 0.538. The van der Waals surface area contributed by atoms with E-state index in [0.717, 1.165) is 25.7 Å². The molecule has 2 aromatic rings. The summed E-state index contributed by atoms with van der Waals surface area (Å²) in [6, 6.07) is 7.33. The molecule has 1 aromatic heterocycles. The van der Waals surface area contributed by atoms with Crippen LogP contribution in [0, 0.1) is 5.92 Å². The molecular formula is C19H25N3O2. The van der Waals surface area contributed by atoms with Crippen LogP contribution in [0.1, 0.15) is 58.2 Å². The smallest absolute Gasteiger partial charge is 0.258 e. The Morgan fingerprint density at radius 3 is 2.67 bits per heavy atom. The second-order valence-electron chi connectivity index (χ2n) is 7.71. The van der Waals surface area contributed by atoms with Crippen LogP contribution in [0.15, 0.2) is 29.1 Å². The summed E-state index contributed by atoms with van der Waals surface area (Å²) in [5, 5.41) is 3.67. The van der Waals surface area contributed by atoms with Crippen LogP contribution in [0.4, 0.5) is 0 Å². The zero-order valence-electron chi connectivity index (χ0n) is 14.6. The number of fused-ring (bicyclic) bond motifs is 1. The predicted molar refractivity (Wildman–Crippen MR) is 95.0 cm³/mol. The fraction of sp³-hybridized carbons (Fsp3) is 0.526. The third-order valence-corrected chi connectivity index (χ3v) is 4.58. The number of hydrogen-bond donors (Lipinski definition) is 2. The predicted octanol–water partition coefficient (Wildman–Crippen LogP) is 3.11. The molecule has 0 bridgehead atoms. The summed E-state index contributed by atoms with van der Waals surface area (Å²) in [7, 11) is 0. The van der Waals surface area contributed by atoms with Crippen molar-refractivity contribution in [2.45, 2.75) is 57.9 Å². The monoisotopic (exact) mass is 327 g/mol. The van der Waals surface area contributed by atoms with Crippen LogP contribution in [-0.4, -0.2) is 21.4 Å². The summed E-state index contributed by atoms with van der Waals surface area (Å²) in [4.78, 5) is 32.6. The summed E-state index contributed by atoms with van der Waals surface area (Å²) >= 11 is 0. The molecule has 1 aromatic carbocycles. The molecule has 0 radical (unpaired) electrons. The van der Waals surface area contributed by atoms with Gasteiger partial charge in [0.25, 0.3) is 5.56 Å². The quantitative estimate of drug-likeness (QED) is 0.890. The van der Waals surface area contributed by atoms with Crippen LogP contribution < -0.4 is 10.9 Å². The van der Waals surface area contributed by atoms with Gasteiger partial charge in [-0.2, -0.15) is 0 Å². The van der Waals surface area contributed by atoms with E-state index in [2.05, 4.69) is 15.3 Å². The Kier molecular flexibility index (Phi) is 4.43. The van der Waals surface area contributed by atoms with E-state index in [1.54, 1.807) is 6.07 Å². The van der Waals surface area contributed by atoms with E-state index in [4.69, 9.17) is 0 Å². The second kappa shape index (κ2) is 6.38. The molecule has 1 saturated carbocycles. The lowest BCUT2D eigenvalue weighted by molar-refractivity contribution is -0.128. The maximum atomic E-state index is 12.7. The van der Waals surface area contributed by atoms with E-state index >= 15 is 0 Å². The van der Waals surface area contributed by atoms with Crippen molar-refractivity contribution in [2.75, 3.05) is 0 Å². The number of para-hydroxylation sites is 1. The topological polar surface area (TPSA) is 74.8 Å². The zero-order valence-corrected chi connectivity index (χ0v) is 14.6. The van der Waals surface area contributed by atoms with Crippen molar-refractivity contribution in [3.8, 4) is 0 Å². The lowest BCUT2D eigenvalue weighted by atomic mass is 9.77. The van der Waals surface area contributed by atoms with E-state index in [9.17, 15) is 9.59 Å². The summed E-state index contributed by atoms with van der Waals surface area (Å²) in [6.07, 6.45) is 3.81. The van der Waals surface area contributed by atoms with E-state index in [0.29, 0.717) is 16.7 Å². The molecule has 24 heavy (non-hydrogen) atoms. The highest BCUT2D eigenvalue weighted by molar-refractivity contribution is 5.81. The molecule has 1 aliphatic carbocycles. The van der Waals surface area contributed by atoms with Crippen LogP contribution >= 0.6 is 0 Å². The fourth-order valence-corrected chi connectivity index (χ4v) is 3.51. The van der Waals surface area contributed by atoms with Gasteiger partial charge < -0.3 is 10.3 Å². The fourth-order valence-electron chi connectivity index (χ4n) is 3.51. The van der Waals surface area contributed by atoms with Gasteiger partial charge in [0.2, 0.25) is 5.91 Å². The molecule has 5 nitrogen and oxygen atoms in total. The Morgan fingerprint density at radius 2 is 1.92 bits per heavy atom. The van der Waals surface area contributed by atoms with Crippen LogP contribution in [-0.2, 0) is 4.79 Å². The van der Waals surface area contributed by atoms with E-state index in [1.165, 1.54) is 0 Å². The molecule has 0 aliphatic heterocycles. The third kappa shape index (κ3) is 3.50. The number of aromatic nitrogens is 2. The van der Waals surface area contributed by atoms with Gasteiger partial charge in [0.1, 0.15) is 5.82 Å². The van der Waals surface area contributed by atoms with Gasteiger partial charge in [-0.05, 0) is 45.7 Å². The molecule has 0 spiro atoms. The molecule has 0 unspecified atom stereocenters. The number of H-pyrrole nitrogens is 1. The van der Waals surface area contributed by atoms with E-state index in [-0.39, 0.29) is 28.8 Å². The Morgan fingerprint density at radius 1 is 1.21 bits per heavy atom. The number of amides is 1. The number of carbonyl (C=O) groups excluding carboxylic acids is 1. The number of aromatic amines is 1. The molecule has 5 heteroatoms. The van der Waals surface area contributed by atoms with Crippen LogP contribution in [0.2, 0.25) is 0 Å². The maximum Gasteiger partial charge on any atom is 0.258 e. The summed E-state index contributed by atoms with van der Waals surface area (Å²) in [6.45, 7) is 5.96. The number of benzene rings is 1. The van der Waals surface area contributed by atoms with Gasteiger partial charge in [0, 0.05) is 17.4 Å². The van der Waals surface area contributed by atoms with Gasteiger partial charge in [-0.3, -0.25) is 9.59 Å². The lowest BCUT2D eigenvalue weighted by Crippen LogP contribution is -2.46. The van der Waals surface area contributed by atoms with E-state index < -0.39 is 0 Å². The van der Waals surface area contributed by atoms with Gasteiger partial charge >= 0.3 is 0 Å². The highest BCUT2D eigenvalue weighted by Gasteiger charge is 2.35. The highest BCUT2D eigenvalue weighted by atomic mass is 16.2. The van der Waals surface area contributed by atoms with Gasteiger partial charge in [-0.1, -0.05) is 25.0 Å². The maximum absolute atomic E-state index is 12.7. The van der Waals surface area contributed by atoms with Crippen LogP contribution in [0.5, 0.6) is 0 Å². The average Bonchev–Trinajstić information content (AvgIpc) is 2.53. The number of nitrogens with one attached hydrogen (secondary N) is 2. The highest BCUT2D eigenvalue weighted by Crippen LogP contribution is 2.36. The summed E-state index contributed by atoms with van der Waals surface area (Å²) in [5.41, 5.74) is 0.302. The minimum atomic E-state index is -0.261. The molecular weight excluding hydrogens is 302 g/mol. The van der Waals surface area contributed by atoms with Gasteiger partial charge in [0.15, 0.2) is 0 Å². The van der Waals surface area contributed by atoms with Crippen molar-refractivity contribution in [3.63, 3.8) is 0 Å². The summed E-state index contributed by atoms with van der Waals surface area (Å²) < 4.78 is 0. The number of carbonyl (C=O) groups is 1. The van der Waals surface area contributed by atoms with Crippen molar-refractivity contribution in [1.29, 1.82) is 0 Å². The third-order valence-electron chi connectivity index (χ3n) is 4.58. The Labute approximate surface area is 141 Å². The minimum Gasteiger partial charge on any atom is -0.351 e. The molecule has 1 fully saturated rings. The first-order chi connectivity index (χ1) is 11.3. The Bertz CT molecular complexity index is 804. The number of rotatable bonds is 2. The van der Waals surface area contributed by atoms with Crippen molar-refractivity contribution in [1.82, 2.24) is 15.3 Å². The standard InChI is InChI=1S/C19H25N3O2/c1-19(2,3)22-18(24)13-9-5-4-8-12(13)16-20-15-11-7-6-10-14(15)17(23)21-16/h6-7,10-13H,4-5,8-9H2,1-3H3,(H,22,24)(H,20,21,23)/t12-,13+/m0/s1. The molecule has 0 saturated heterocycles. The SMILES string of the molecule is CC(C)(C)NC(=O)[C@@H]1CCCC[C@@H]1c1nc2ccccc2c(=O)[nH]1. The van der Waals surface area contributed by atoms with Crippen LogP contribution in [0.3, 0.4) is 0 Å². The number of nitrogens with zero attached hydrogens (tertiary/aromatic N) is 1. The molecule has 1 aliphatic rings. The lowest BCUT2D eigenvalue weighted by Gasteiger charge is -2.32. The zero-order chi connectivity index (χ0) is 17.3. The molecule has 2 atom stereocenters. The first kappa shape index (κ1) is 16.7. The van der Waals surface area contributed by atoms with Crippen LogP contribution in [0.25, 0.3) is 10.9 Å². The first-order valence-corrected chi connectivity index (χ1v) is 8.66. The van der Waals surface area contributed by atoms with Crippen molar-refractivity contribution >= 4 is 16.8 Å². The molecule has 128 valence electrons. The van der Waals surface area contributed by atoms with E-state index in [1.807, 2.05) is 39.0 Å². The normalized spacial score (nSPS) is 21.6. The second-order valence-corrected chi connectivity index (χ2v) is 7.71. The molecule has 1 heterocycles. The average molecular weight is 327 g/mol. The van der Waals surface area contributed by atoms with Gasteiger partial charge in [-0.25, -0.2) is 4.98 Å². The van der Waals surface area contributed by atoms with Gasteiger partial charge in [-0.15, -0.1) is 0 Å². The van der Waals surface area contributed by atoms with Crippen molar-refractivity contribution in [3.05, 3.63) is 40.4 Å². The van der Waals surface area contributed by atoms with Crippen molar-refractivity contribution in [2.24, 2.45) is 5.92 Å². The van der Waals surface area contributed by atoms with Gasteiger partial charge in [0.05, 0.1) is 10.9 Å². The Balaban J connectivity index is 1.96. The minimum absolute atomic E-state index is 0.0293. The first-order valence-electron chi connectivity index (χ1n) is 8.66. The largest absolute Gasteiger partial charge is 0.351 e. The molecule has 3 rings (SSSR count). The Hall–Kier alpha value is -2.17. The molecule has 2 N–H and O–H groups in total. The molecule has 1 amide bonds. The number of hydrogen-bond acceptors (Lipinski definition) is 3.